The van der Waals surface area contributed by atoms with Gasteiger partial charge in [-0.25, -0.2) is 4.79 Å². The van der Waals surface area contributed by atoms with Crippen molar-refractivity contribution in [2.45, 2.75) is 117 Å². The lowest BCUT2D eigenvalue weighted by Crippen LogP contribution is -2.70. The van der Waals surface area contributed by atoms with Crippen molar-refractivity contribution in [1.29, 1.82) is 0 Å². The zero-order valence-corrected chi connectivity index (χ0v) is 31.8. The number of benzene rings is 1. The third-order valence-electron chi connectivity index (χ3n) is 8.18. The summed E-state index contributed by atoms with van der Waals surface area (Å²) in [6, 6.07) is 4.40. The molecule has 306 valence electrons. The molecule has 2 aliphatic heterocycles. The second kappa shape index (κ2) is 18.8. The number of hydrogen-bond acceptors (Lipinski definition) is 19. The number of nitrogens with one attached hydrogen (secondary N) is 1. The van der Waals surface area contributed by atoms with E-state index in [-0.39, 0.29) is 11.3 Å². The molecule has 0 bridgehead atoms. The van der Waals surface area contributed by atoms with Gasteiger partial charge in [-0.2, -0.15) is 0 Å². The number of carbonyl (C=O) groups is 7. The van der Waals surface area contributed by atoms with Crippen LogP contribution in [0.4, 0.5) is 0 Å². The first kappa shape index (κ1) is 43.1. The zero-order chi connectivity index (χ0) is 41.4. The van der Waals surface area contributed by atoms with Gasteiger partial charge in [0.25, 0.3) is 0 Å². The largest absolute Gasteiger partial charge is 0.463 e. The van der Waals surface area contributed by atoms with Gasteiger partial charge in [0.1, 0.15) is 48.9 Å². The third-order valence-corrected chi connectivity index (χ3v) is 8.18. The highest BCUT2D eigenvalue weighted by atomic mass is 16.8. The summed E-state index contributed by atoms with van der Waals surface area (Å²) in [7, 11) is 0. The molecule has 20 heteroatoms. The highest BCUT2D eigenvalue weighted by molar-refractivity contribution is 5.81. The maximum absolute atomic E-state index is 12.8. The predicted molar refractivity (Wildman–Crippen MR) is 183 cm³/mol. The lowest BCUT2D eigenvalue weighted by molar-refractivity contribution is -0.342. The monoisotopic (exact) mass is 793 g/mol. The van der Waals surface area contributed by atoms with Gasteiger partial charge in [0.15, 0.2) is 30.7 Å². The van der Waals surface area contributed by atoms with Gasteiger partial charge in [0.05, 0.1) is 0 Å². The standard InChI is InChI=1S/C36H43NO19/c1-15-11-28(45)53-25-12-23(9-10-24(15)25)52-35-29(37-16(2)38)32(30(48-19(5)41)26(54-35)13-46-17(3)39)56-36-34(51-22(8)44)33(50-21(7)43)31(49-20(6)42)27(55-36)14-47-18(4)40/h9-12,26-27,29-36H,13-14H2,1-8H3,(H,37,38)/t26-,27-,29-,30+,31+,32-,33+,34-,35+,36+/m1/s1. The minimum Gasteiger partial charge on any atom is -0.463 e. The van der Waals surface area contributed by atoms with Crippen molar-refractivity contribution >= 4 is 52.7 Å². The quantitative estimate of drug-likeness (QED) is 0.166. The SMILES string of the molecule is CC(=O)N[C@H]1[C@@H](Oc2ccc3c(C)cc(=O)oc3c2)O[C@H](COC(C)=O)[C@H](OC(C)=O)[C@@H]1O[C@@H]1O[C@H](COC(C)=O)[C@H](OC(C)=O)[C@H](OC(C)=O)[C@H]1OC(C)=O. The van der Waals surface area contributed by atoms with Crippen molar-refractivity contribution in [3.05, 3.63) is 40.2 Å². The van der Waals surface area contributed by atoms with Gasteiger partial charge >= 0.3 is 41.4 Å². The molecule has 1 aromatic heterocycles. The Balaban J connectivity index is 1.87. The molecule has 2 fully saturated rings. The number of amides is 1. The Morgan fingerprint density at radius 1 is 0.625 bits per heavy atom. The smallest absolute Gasteiger partial charge is 0.336 e. The Morgan fingerprint density at radius 2 is 1.12 bits per heavy atom. The normalized spacial score (nSPS) is 27.2. The van der Waals surface area contributed by atoms with Gasteiger partial charge in [-0.05, 0) is 24.6 Å². The van der Waals surface area contributed by atoms with Crippen LogP contribution in [0, 0.1) is 6.92 Å². The molecule has 1 N–H and O–H groups in total. The van der Waals surface area contributed by atoms with Crippen LogP contribution in [0.1, 0.15) is 54.0 Å². The lowest BCUT2D eigenvalue weighted by atomic mass is 9.94. The number of ether oxygens (including phenoxy) is 10. The number of fused-ring (bicyclic) bond motifs is 1. The van der Waals surface area contributed by atoms with E-state index < -0.39 is 122 Å². The van der Waals surface area contributed by atoms with E-state index in [0.717, 1.165) is 48.5 Å². The average molecular weight is 794 g/mol. The van der Waals surface area contributed by atoms with E-state index in [4.69, 9.17) is 51.8 Å². The number of hydrogen-bond donors (Lipinski definition) is 1. The highest BCUT2D eigenvalue weighted by Crippen LogP contribution is 2.35. The molecule has 2 saturated heterocycles. The van der Waals surface area contributed by atoms with Crippen LogP contribution >= 0.6 is 0 Å². The van der Waals surface area contributed by atoms with Crippen LogP contribution in [0.2, 0.25) is 0 Å². The van der Waals surface area contributed by atoms with Crippen molar-refractivity contribution in [2.24, 2.45) is 0 Å². The maximum Gasteiger partial charge on any atom is 0.336 e. The zero-order valence-electron chi connectivity index (χ0n) is 31.8. The summed E-state index contributed by atoms with van der Waals surface area (Å²) in [6.45, 7) is 8.11. The maximum atomic E-state index is 12.8. The fourth-order valence-corrected chi connectivity index (χ4v) is 6.19. The first-order valence-corrected chi connectivity index (χ1v) is 17.2. The first-order chi connectivity index (χ1) is 26.3. The second-order valence-electron chi connectivity index (χ2n) is 12.8. The molecule has 0 spiro atoms. The van der Waals surface area contributed by atoms with Gasteiger partial charge in [-0.1, -0.05) is 0 Å². The predicted octanol–water partition coefficient (Wildman–Crippen LogP) is 0.673. The van der Waals surface area contributed by atoms with E-state index in [1.54, 1.807) is 13.0 Å². The van der Waals surface area contributed by atoms with E-state index in [9.17, 15) is 38.4 Å². The number of aryl methyl sites for hydroxylation is 1. The van der Waals surface area contributed by atoms with Crippen LogP contribution < -0.4 is 15.7 Å². The average Bonchev–Trinajstić information content (AvgIpc) is 3.06. The van der Waals surface area contributed by atoms with Crippen molar-refractivity contribution in [3.8, 4) is 5.75 Å². The van der Waals surface area contributed by atoms with Crippen LogP contribution in [0.15, 0.2) is 33.5 Å². The molecule has 56 heavy (non-hydrogen) atoms. The van der Waals surface area contributed by atoms with Gasteiger partial charge in [-0.3, -0.25) is 33.6 Å². The van der Waals surface area contributed by atoms with E-state index in [2.05, 4.69) is 5.32 Å². The van der Waals surface area contributed by atoms with Gasteiger partial charge in [0.2, 0.25) is 12.2 Å². The molecule has 2 aliphatic rings. The molecule has 3 heterocycles. The Labute approximate surface area is 319 Å². The van der Waals surface area contributed by atoms with Crippen molar-refractivity contribution in [3.63, 3.8) is 0 Å². The highest BCUT2D eigenvalue weighted by Gasteiger charge is 2.57. The Hall–Kier alpha value is -5.60. The molecule has 4 rings (SSSR count). The molecule has 1 aromatic carbocycles. The van der Waals surface area contributed by atoms with E-state index in [1.165, 1.54) is 18.2 Å². The molecule has 20 nitrogen and oxygen atoms in total. The third kappa shape index (κ3) is 11.5. The summed E-state index contributed by atoms with van der Waals surface area (Å²) in [5.41, 5.74) is 0.150. The molecule has 0 radical (unpaired) electrons. The fraction of sp³-hybridized carbons (Fsp3) is 0.556. The molecule has 1 amide bonds. The minimum absolute atomic E-state index is 0.0646. The van der Waals surface area contributed by atoms with Crippen LogP contribution in [0.3, 0.4) is 0 Å². The van der Waals surface area contributed by atoms with Crippen molar-refractivity contribution < 1.29 is 85.3 Å². The summed E-state index contributed by atoms with van der Waals surface area (Å²) in [5, 5.41) is 3.24. The van der Waals surface area contributed by atoms with Gasteiger partial charge in [-0.15, -0.1) is 0 Å². The summed E-state index contributed by atoms with van der Waals surface area (Å²) < 4.78 is 62.8. The number of carbonyl (C=O) groups excluding carboxylic acids is 7. The second-order valence-corrected chi connectivity index (χ2v) is 12.8. The summed E-state index contributed by atoms with van der Waals surface area (Å²) in [6.07, 6.45) is -14.3. The van der Waals surface area contributed by atoms with Crippen LogP contribution in [-0.4, -0.2) is 116 Å². The van der Waals surface area contributed by atoms with Crippen LogP contribution in [0.25, 0.3) is 11.0 Å². The Morgan fingerprint density at radius 3 is 1.64 bits per heavy atom. The van der Waals surface area contributed by atoms with Crippen molar-refractivity contribution in [1.82, 2.24) is 5.32 Å². The molecule has 0 aliphatic carbocycles. The molecule has 0 unspecified atom stereocenters. The minimum atomic E-state index is -1.83. The van der Waals surface area contributed by atoms with E-state index in [1.807, 2.05) is 0 Å². The van der Waals surface area contributed by atoms with E-state index >= 15 is 0 Å². The fourth-order valence-electron chi connectivity index (χ4n) is 6.19. The number of rotatable bonds is 13. The Bertz CT molecular complexity index is 1870. The van der Waals surface area contributed by atoms with Crippen molar-refractivity contribution in [2.75, 3.05) is 13.2 Å². The molecular formula is C36H43NO19. The molecular weight excluding hydrogens is 750 g/mol. The topological polar surface area (TPSA) is 254 Å². The van der Waals surface area contributed by atoms with Crippen LogP contribution in [-0.2, 0) is 76.2 Å². The number of esters is 6. The van der Waals surface area contributed by atoms with Gasteiger partial charge < -0.3 is 57.1 Å². The molecule has 2 aromatic rings. The molecule has 10 atom stereocenters. The Kier molecular flexibility index (Phi) is 14.5. The van der Waals surface area contributed by atoms with E-state index in [0.29, 0.717) is 10.9 Å². The first-order valence-electron chi connectivity index (χ1n) is 17.2. The summed E-state index contributed by atoms with van der Waals surface area (Å²) in [4.78, 5) is 98.6. The summed E-state index contributed by atoms with van der Waals surface area (Å²) in [5.74, 6) is -5.69. The summed E-state index contributed by atoms with van der Waals surface area (Å²) >= 11 is 0. The lowest BCUT2D eigenvalue weighted by Gasteiger charge is -2.49. The molecule has 0 saturated carbocycles. The van der Waals surface area contributed by atoms with Gasteiger partial charge in [0, 0.05) is 66.0 Å². The van der Waals surface area contributed by atoms with Crippen LogP contribution in [0.5, 0.6) is 5.75 Å².